The van der Waals surface area contributed by atoms with Crippen LogP contribution in [0.5, 0.6) is 5.88 Å². The second-order valence-electron chi connectivity index (χ2n) is 12.0. The van der Waals surface area contributed by atoms with Gasteiger partial charge in [0.15, 0.2) is 0 Å². The molecule has 2 saturated heterocycles. The fraction of sp³-hybridized carbons (Fsp3) is 0.621. The summed E-state index contributed by atoms with van der Waals surface area (Å²) < 4.78 is 54.8. The molecule has 10 nitrogen and oxygen atoms in total. The summed E-state index contributed by atoms with van der Waals surface area (Å²) in [6, 6.07) is 1.76. The minimum absolute atomic E-state index is 0.0741. The summed E-state index contributed by atoms with van der Waals surface area (Å²) in [7, 11) is -2.05. The number of halogens is 1. The van der Waals surface area contributed by atoms with E-state index in [0.717, 1.165) is 53.1 Å². The van der Waals surface area contributed by atoms with Gasteiger partial charge in [-0.15, -0.1) is 11.3 Å². The molecule has 3 aliphatic rings. The fourth-order valence-electron chi connectivity index (χ4n) is 5.84. The van der Waals surface area contributed by atoms with Crippen LogP contribution in [0.1, 0.15) is 50.0 Å². The third kappa shape index (κ3) is 6.06. The molecule has 0 atom stereocenters. The molecule has 42 heavy (non-hydrogen) atoms. The first-order chi connectivity index (χ1) is 20.0. The Morgan fingerprint density at radius 3 is 2.50 bits per heavy atom. The number of piperidine rings is 1. The number of nitrogens with zero attached hydrogens (tertiary/aromatic N) is 5. The molecule has 5 heterocycles. The fourth-order valence-corrected chi connectivity index (χ4v) is 8.33. The highest BCUT2D eigenvalue weighted by Gasteiger charge is 2.37. The zero-order valence-electron chi connectivity index (χ0n) is 24.7. The maximum absolute atomic E-state index is 14.6. The molecule has 0 unspecified atom stereocenters. The van der Waals surface area contributed by atoms with E-state index in [1.807, 2.05) is 0 Å². The highest BCUT2D eigenvalue weighted by molar-refractivity contribution is 7.93. The monoisotopic (exact) mass is 618 g/mol. The number of alkyl halides is 1. The Hall–Kier alpha value is -2.61. The number of hydrogen-bond acceptors (Lipinski definition) is 10. The summed E-state index contributed by atoms with van der Waals surface area (Å²) >= 11 is 1.64. The molecule has 3 aromatic rings. The molecule has 3 fully saturated rings. The second-order valence-corrected chi connectivity index (χ2v) is 15.2. The summed E-state index contributed by atoms with van der Waals surface area (Å²) in [4.78, 5) is 20.3. The van der Waals surface area contributed by atoms with Gasteiger partial charge in [0.05, 0.1) is 41.5 Å². The van der Waals surface area contributed by atoms with Crippen LogP contribution in [-0.2, 0) is 21.3 Å². The lowest BCUT2D eigenvalue weighted by Crippen LogP contribution is -2.39. The van der Waals surface area contributed by atoms with Gasteiger partial charge in [-0.1, -0.05) is 0 Å². The molecule has 6 rings (SSSR count). The van der Waals surface area contributed by atoms with Gasteiger partial charge in [0, 0.05) is 41.8 Å². The van der Waals surface area contributed by atoms with Crippen molar-refractivity contribution in [2.75, 3.05) is 56.1 Å². The van der Waals surface area contributed by atoms with E-state index in [-0.39, 0.29) is 17.0 Å². The number of ether oxygens (including phenoxy) is 2. The molecule has 228 valence electrons. The molecule has 0 bridgehead atoms. The molecule has 0 aromatic carbocycles. The quantitative estimate of drug-likeness (QED) is 0.363. The van der Waals surface area contributed by atoms with Gasteiger partial charge in [0.1, 0.15) is 11.4 Å². The lowest BCUT2D eigenvalue weighted by molar-refractivity contribution is 0.0603. The largest absolute Gasteiger partial charge is 0.480 e. The van der Waals surface area contributed by atoms with Crippen molar-refractivity contribution in [1.29, 1.82) is 0 Å². The summed E-state index contributed by atoms with van der Waals surface area (Å²) in [6.45, 7) is 10.5. The number of hydrogen-bond donors (Lipinski definition) is 1. The summed E-state index contributed by atoms with van der Waals surface area (Å²) in [5.41, 5.74) is 2.58. The van der Waals surface area contributed by atoms with Crippen LogP contribution >= 0.6 is 11.3 Å². The van der Waals surface area contributed by atoms with E-state index in [4.69, 9.17) is 19.4 Å². The lowest BCUT2D eigenvalue weighted by Gasteiger charge is -2.36. The van der Waals surface area contributed by atoms with Crippen LogP contribution in [0.2, 0.25) is 0 Å². The maximum Gasteiger partial charge on any atom is 0.238 e. The van der Waals surface area contributed by atoms with E-state index in [9.17, 15) is 12.8 Å². The van der Waals surface area contributed by atoms with Crippen molar-refractivity contribution in [3.8, 4) is 17.1 Å². The molecule has 0 amide bonds. The third-order valence-electron chi connectivity index (χ3n) is 8.59. The minimum Gasteiger partial charge on any atom is -0.480 e. The number of sulfonamides is 1. The predicted molar refractivity (Wildman–Crippen MR) is 164 cm³/mol. The molecule has 2 aliphatic heterocycles. The molecule has 0 radical (unpaired) electrons. The Bertz CT molecular complexity index is 1560. The topological polar surface area (TPSA) is 110 Å². The number of fused-ring (bicyclic) bond motifs is 1. The number of rotatable bonds is 9. The summed E-state index contributed by atoms with van der Waals surface area (Å²) in [5.74, 6) is 0.906. The SMILES string of the molecule is COc1ncc(-c2nc(N3CCOCC3)nc3c(CN4CCC(C(C)(C)F)CC4)c(C)sc23)cc1NS(=O)(=O)C1CC1. The van der Waals surface area contributed by atoms with Crippen molar-refractivity contribution < 1.29 is 22.3 Å². The Labute approximate surface area is 250 Å². The van der Waals surface area contributed by atoms with Gasteiger partial charge in [-0.3, -0.25) is 9.62 Å². The lowest BCUT2D eigenvalue weighted by atomic mass is 9.84. The summed E-state index contributed by atoms with van der Waals surface area (Å²) in [5, 5.41) is -0.381. The molecule has 1 aliphatic carbocycles. The average molecular weight is 619 g/mol. The van der Waals surface area contributed by atoms with Crippen molar-refractivity contribution in [3.05, 3.63) is 22.7 Å². The highest BCUT2D eigenvalue weighted by atomic mass is 32.2. The van der Waals surface area contributed by atoms with Gasteiger partial charge in [-0.2, -0.15) is 0 Å². The van der Waals surface area contributed by atoms with Crippen molar-refractivity contribution in [2.45, 2.75) is 63.9 Å². The first kappa shape index (κ1) is 29.5. The van der Waals surface area contributed by atoms with E-state index in [1.165, 1.54) is 7.11 Å². The smallest absolute Gasteiger partial charge is 0.238 e. The van der Waals surface area contributed by atoms with Gasteiger partial charge < -0.3 is 14.4 Å². The van der Waals surface area contributed by atoms with E-state index in [1.54, 1.807) is 37.4 Å². The molecule has 1 saturated carbocycles. The Kier molecular flexibility index (Phi) is 8.05. The molecular formula is C29H39FN6O4S2. The second kappa shape index (κ2) is 11.5. The first-order valence-electron chi connectivity index (χ1n) is 14.6. The standard InChI is InChI=1S/C29H39FN6O4S2/c1-18-22(17-35-9-7-20(8-10-35)29(2,3)30)25-26(41-18)24(32-28(33-25)36-11-13-40-14-12-36)19-15-23(27(39-4)31-16-19)34-42(37,38)21-5-6-21/h15-16,20-21,34H,5-14,17H2,1-4H3. The normalized spacial score (nSPS) is 19.4. The van der Waals surface area contributed by atoms with Crippen molar-refractivity contribution in [3.63, 3.8) is 0 Å². The average Bonchev–Trinajstić information content (AvgIpc) is 3.79. The number of anilines is 2. The molecular weight excluding hydrogens is 579 g/mol. The van der Waals surface area contributed by atoms with E-state index in [0.29, 0.717) is 62.0 Å². The summed E-state index contributed by atoms with van der Waals surface area (Å²) in [6.07, 6.45) is 4.65. The number of morpholine rings is 1. The van der Waals surface area contributed by atoms with E-state index in [2.05, 4.69) is 26.4 Å². The Balaban J connectivity index is 1.40. The maximum atomic E-state index is 14.6. The molecule has 3 aromatic heterocycles. The number of likely N-dealkylation sites (tertiary alicyclic amines) is 1. The first-order valence-corrected chi connectivity index (χ1v) is 17.0. The van der Waals surface area contributed by atoms with Gasteiger partial charge in [-0.05, 0) is 71.5 Å². The van der Waals surface area contributed by atoms with Gasteiger partial charge in [-0.25, -0.2) is 27.8 Å². The van der Waals surface area contributed by atoms with Crippen LogP contribution in [0.25, 0.3) is 21.5 Å². The van der Waals surface area contributed by atoms with Crippen LogP contribution in [0.15, 0.2) is 12.3 Å². The van der Waals surface area contributed by atoms with Gasteiger partial charge >= 0.3 is 0 Å². The number of nitrogens with one attached hydrogen (secondary N) is 1. The number of thiophene rings is 1. The number of aromatic nitrogens is 3. The highest BCUT2D eigenvalue weighted by Crippen LogP contribution is 2.41. The van der Waals surface area contributed by atoms with Crippen LogP contribution in [0, 0.1) is 12.8 Å². The zero-order chi connectivity index (χ0) is 29.6. The number of methoxy groups -OCH3 is 1. The Morgan fingerprint density at radius 2 is 1.86 bits per heavy atom. The van der Waals surface area contributed by atoms with Crippen LogP contribution in [-0.4, -0.2) is 85.7 Å². The van der Waals surface area contributed by atoms with Gasteiger partial charge in [0.25, 0.3) is 0 Å². The molecule has 0 spiro atoms. The number of aryl methyl sites for hydroxylation is 1. The zero-order valence-corrected chi connectivity index (χ0v) is 26.3. The van der Waals surface area contributed by atoms with Crippen molar-refractivity contribution >= 4 is 43.2 Å². The predicted octanol–water partition coefficient (Wildman–Crippen LogP) is 4.77. The van der Waals surface area contributed by atoms with Crippen LogP contribution in [0.3, 0.4) is 0 Å². The number of pyridine rings is 1. The van der Waals surface area contributed by atoms with Crippen molar-refractivity contribution in [1.82, 2.24) is 19.9 Å². The van der Waals surface area contributed by atoms with Crippen molar-refractivity contribution in [2.24, 2.45) is 5.92 Å². The van der Waals surface area contributed by atoms with E-state index < -0.39 is 15.7 Å². The van der Waals surface area contributed by atoms with Crippen LogP contribution in [0.4, 0.5) is 16.0 Å². The molecule has 1 N–H and O–H groups in total. The van der Waals surface area contributed by atoms with E-state index >= 15 is 0 Å². The third-order valence-corrected chi connectivity index (χ3v) is 11.6. The molecule has 13 heteroatoms. The van der Waals surface area contributed by atoms with Crippen LogP contribution < -0.4 is 14.4 Å². The van der Waals surface area contributed by atoms with Gasteiger partial charge in [0.2, 0.25) is 21.9 Å². The Morgan fingerprint density at radius 1 is 1.14 bits per heavy atom. The minimum atomic E-state index is -3.52.